The predicted octanol–water partition coefficient (Wildman–Crippen LogP) is 6.77. The Morgan fingerprint density at radius 3 is 2.39 bits per heavy atom. The number of benzene rings is 4. The van der Waals surface area contributed by atoms with Crippen molar-refractivity contribution < 1.29 is 19.0 Å². The van der Waals surface area contributed by atoms with Crippen LogP contribution < -0.4 is 14.5 Å². The molecule has 0 aromatic heterocycles. The number of carbonyl (C=O) groups is 1. The number of phenols is 1. The third-order valence-electron chi connectivity index (χ3n) is 10.9. The van der Waals surface area contributed by atoms with Crippen LogP contribution in [0, 0.1) is 18.7 Å². The summed E-state index contributed by atoms with van der Waals surface area (Å²) in [5, 5.41) is 10.1. The summed E-state index contributed by atoms with van der Waals surface area (Å²) >= 11 is 0. The summed E-state index contributed by atoms with van der Waals surface area (Å²) in [5.74, 6) is 1.21. The molecule has 8 heteroatoms. The number of fused-ring (bicyclic) bond motifs is 1. The Morgan fingerprint density at radius 1 is 0.878 bits per heavy atom. The van der Waals surface area contributed by atoms with Gasteiger partial charge in [0, 0.05) is 88.6 Å². The summed E-state index contributed by atoms with van der Waals surface area (Å²) in [6.07, 6.45) is 2.99. The minimum atomic E-state index is -0.178. The molecule has 3 aliphatic rings. The fourth-order valence-corrected chi connectivity index (χ4v) is 8.01. The lowest BCUT2D eigenvalue weighted by Crippen LogP contribution is -2.49. The molecule has 7 nitrogen and oxygen atoms in total. The molecule has 3 aliphatic heterocycles. The van der Waals surface area contributed by atoms with Crippen molar-refractivity contribution in [2.75, 3.05) is 69.3 Å². The molecular formula is C41H47FN4O3. The van der Waals surface area contributed by atoms with Gasteiger partial charge in [-0.1, -0.05) is 48.5 Å². The first-order chi connectivity index (χ1) is 23.9. The van der Waals surface area contributed by atoms with E-state index in [-0.39, 0.29) is 23.4 Å². The quantitative estimate of drug-likeness (QED) is 0.200. The topological polar surface area (TPSA) is 59.5 Å². The van der Waals surface area contributed by atoms with Gasteiger partial charge in [-0.25, -0.2) is 4.39 Å². The number of halogens is 1. The van der Waals surface area contributed by atoms with Gasteiger partial charge in [-0.2, -0.15) is 0 Å². The summed E-state index contributed by atoms with van der Waals surface area (Å²) in [6, 6.07) is 27.9. The highest BCUT2D eigenvalue weighted by Gasteiger charge is 2.34. The normalized spacial score (nSPS) is 20.1. The van der Waals surface area contributed by atoms with E-state index in [1.54, 1.807) is 23.1 Å². The molecule has 1 amide bonds. The van der Waals surface area contributed by atoms with Crippen LogP contribution >= 0.6 is 0 Å². The Kier molecular flexibility index (Phi) is 9.76. The fraction of sp³-hybridized carbons (Fsp3) is 0.390. The Bertz CT molecular complexity index is 1750. The molecular weight excluding hydrogens is 615 g/mol. The van der Waals surface area contributed by atoms with Gasteiger partial charge in [0.2, 0.25) is 6.41 Å². The van der Waals surface area contributed by atoms with Gasteiger partial charge >= 0.3 is 0 Å². The number of nitrogens with zero attached hydrogens (tertiary/aromatic N) is 4. The van der Waals surface area contributed by atoms with Gasteiger partial charge in [-0.15, -0.1) is 0 Å². The molecule has 0 aliphatic carbocycles. The van der Waals surface area contributed by atoms with Gasteiger partial charge in [0.1, 0.15) is 17.3 Å². The van der Waals surface area contributed by atoms with Crippen LogP contribution in [0.1, 0.15) is 52.5 Å². The van der Waals surface area contributed by atoms with E-state index < -0.39 is 0 Å². The summed E-state index contributed by atoms with van der Waals surface area (Å²) in [5.41, 5.74) is 7.37. The predicted molar refractivity (Wildman–Crippen MR) is 193 cm³/mol. The number of aryl methyl sites for hydroxylation is 1. The number of ether oxygens (including phenoxy) is 1. The highest BCUT2D eigenvalue weighted by molar-refractivity contribution is 5.55. The number of rotatable bonds is 9. The van der Waals surface area contributed by atoms with Crippen LogP contribution in [0.3, 0.4) is 0 Å². The summed E-state index contributed by atoms with van der Waals surface area (Å²) in [6.45, 7) is 10.0. The van der Waals surface area contributed by atoms with E-state index in [1.165, 1.54) is 16.8 Å². The van der Waals surface area contributed by atoms with E-state index in [9.17, 15) is 9.90 Å². The first-order valence-corrected chi connectivity index (χ1v) is 17.6. The zero-order valence-electron chi connectivity index (χ0n) is 28.6. The summed E-state index contributed by atoms with van der Waals surface area (Å²) in [7, 11) is 1.82. The number of piperidine rings is 1. The molecule has 0 spiro atoms. The van der Waals surface area contributed by atoms with Crippen LogP contribution in [0.5, 0.6) is 11.5 Å². The van der Waals surface area contributed by atoms with Gasteiger partial charge in [0.05, 0.1) is 12.3 Å². The highest BCUT2D eigenvalue weighted by Crippen LogP contribution is 2.47. The summed E-state index contributed by atoms with van der Waals surface area (Å²) in [4.78, 5) is 20.1. The van der Waals surface area contributed by atoms with Crippen LogP contribution in [0.15, 0.2) is 84.9 Å². The van der Waals surface area contributed by atoms with Crippen LogP contribution in [-0.4, -0.2) is 80.8 Å². The number of carbonyl (C=O) groups excluding carboxylic acids is 1. The molecule has 4 aromatic carbocycles. The minimum absolute atomic E-state index is 0.0332. The third kappa shape index (κ3) is 7.25. The van der Waals surface area contributed by atoms with Crippen molar-refractivity contribution in [3.63, 3.8) is 0 Å². The number of aromatic hydroxyl groups is 1. The zero-order chi connectivity index (χ0) is 33.9. The molecule has 3 heterocycles. The second-order valence-corrected chi connectivity index (χ2v) is 14.1. The number of amides is 1. The van der Waals surface area contributed by atoms with E-state index in [4.69, 9.17) is 4.74 Å². The van der Waals surface area contributed by atoms with Crippen molar-refractivity contribution in [3.8, 4) is 11.5 Å². The van der Waals surface area contributed by atoms with Crippen molar-refractivity contribution >= 4 is 17.8 Å². The Balaban J connectivity index is 0.963. The van der Waals surface area contributed by atoms with Crippen molar-refractivity contribution in [2.24, 2.45) is 5.92 Å². The number of hydrogen-bond donors (Lipinski definition) is 1. The van der Waals surface area contributed by atoms with E-state index in [0.717, 1.165) is 81.8 Å². The standard InChI is InChI=1S/C41H47FN4O3/c1-29-8-10-34(22-33(29)26-43(2)28-47)45-20-18-44(19-21-45)25-30-14-16-46(17-15-30)39-13-9-32(23-38(39)42)41-36-12-11-35(48)24-40(36)49-27-37(41)31-6-4-3-5-7-31/h3-13,22-24,28,30,37,41,48H,14-21,25-27H2,1-2H3. The first-order valence-electron chi connectivity index (χ1n) is 17.6. The number of hydrogen-bond acceptors (Lipinski definition) is 6. The van der Waals surface area contributed by atoms with E-state index in [2.05, 4.69) is 58.0 Å². The van der Waals surface area contributed by atoms with Crippen LogP contribution in [0.2, 0.25) is 0 Å². The monoisotopic (exact) mass is 662 g/mol. The molecule has 2 saturated heterocycles. The molecule has 2 atom stereocenters. The van der Waals surface area contributed by atoms with Gasteiger partial charge < -0.3 is 24.5 Å². The Morgan fingerprint density at radius 2 is 1.65 bits per heavy atom. The smallest absolute Gasteiger partial charge is 0.209 e. The Hall–Kier alpha value is -4.56. The largest absolute Gasteiger partial charge is 0.508 e. The van der Waals surface area contributed by atoms with Crippen LogP contribution in [0.4, 0.5) is 15.8 Å². The second kappa shape index (κ2) is 14.5. The lowest BCUT2D eigenvalue weighted by molar-refractivity contribution is -0.117. The first kappa shape index (κ1) is 33.0. The van der Waals surface area contributed by atoms with Crippen LogP contribution in [0.25, 0.3) is 0 Å². The van der Waals surface area contributed by atoms with Gasteiger partial charge in [0.15, 0.2) is 0 Å². The number of anilines is 2. The molecule has 49 heavy (non-hydrogen) atoms. The molecule has 2 fully saturated rings. The molecule has 2 unspecified atom stereocenters. The number of phenolic OH excluding ortho intramolecular Hbond substituents is 1. The lowest BCUT2D eigenvalue weighted by atomic mass is 9.76. The molecule has 4 aromatic rings. The maximum atomic E-state index is 16.0. The molecule has 256 valence electrons. The second-order valence-electron chi connectivity index (χ2n) is 14.1. The van der Waals surface area contributed by atoms with Crippen molar-refractivity contribution in [1.29, 1.82) is 0 Å². The summed E-state index contributed by atoms with van der Waals surface area (Å²) < 4.78 is 22.1. The Labute approximate surface area is 289 Å². The molecule has 0 bridgehead atoms. The van der Waals surface area contributed by atoms with E-state index in [0.29, 0.717) is 30.5 Å². The zero-order valence-corrected chi connectivity index (χ0v) is 28.6. The minimum Gasteiger partial charge on any atom is -0.508 e. The van der Waals surface area contributed by atoms with Gasteiger partial charge in [-0.05, 0) is 78.3 Å². The maximum Gasteiger partial charge on any atom is 0.209 e. The molecule has 7 rings (SSSR count). The van der Waals surface area contributed by atoms with E-state index >= 15 is 4.39 Å². The molecule has 1 N–H and O–H groups in total. The van der Waals surface area contributed by atoms with Crippen molar-refractivity contribution in [2.45, 2.75) is 38.1 Å². The molecule has 0 radical (unpaired) electrons. The third-order valence-corrected chi connectivity index (χ3v) is 10.9. The maximum absolute atomic E-state index is 16.0. The fourth-order valence-electron chi connectivity index (χ4n) is 8.01. The van der Waals surface area contributed by atoms with Gasteiger partial charge in [-0.3, -0.25) is 9.69 Å². The average Bonchev–Trinajstić information content (AvgIpc) is 3.13. The van der Waals surface area contributed by atoms with Gasteiger partial charge in [0.25, 0.3) is 0 Å². The molecule has 0 saturated carbocycles. The average molecular weight is 663 g/mol. The van der Waals surface area contributed by atoms with Crippen molar-refractivity contribution in [3.05, 3.63) is 119 Å². The SMILES string of the molecule is Cc1ccc(N2CCN(CC3CCN(c4ccc(C5c6ccc(O)cc6OCC5c5ccccc5)cc4F)CC3)CC2)cc1CN(C)C=O. The van der Waals surface area contributed by atoms with Crippen molar-refractivity contribution in [1.82, 2.24) is 9.80 Å². The van der Waals surface area contributed by atoms with Crippen LogP contribution in [-0.2, 0) is 11.3 Å². The highest BCUT2D eigenvalue weighted by atomic mass is 19.1. The van der Waals surface area contributed by atoms with E-state index in [1.807, 2.05) is 37.4 Å². The number of piperazine rings is 1. The lowest BCUT2D eigenvalue weighted by Gasteiger charge is -2.40.